The molecular formula is C23H24N6O3S2. The minimum Gasteiger partial charge on any atom is -0.461 e. The molecule has 9 nitrogen and oxygen atoms in total. The number of benzene rings is 1. The molecule has 176 valence electrons. The molecule has 4 rings (SSSR count). The second-order valence-electron chi connectivity index (χ2n) is 7.80. The molecule has 0 saturated carbocycles. The minimum absolute atomic E-state index is 0.102. The van der Waals surface area contributed by atoms with E-state index in [0.29, 0.717) is 21.9 Å². The van der Waals surface area contributed by atoms with E-state index in [1.165, 1.54) is 34.9 Å². The summed E-state index contributed by atoms with van der Waals surface area (Å²) < 4.78 is 7.14. The summed E-state index contributed by atoms with van der Waals surface area (Å²) in [5.74, 6) is 0.441. The molecule has 3 aromatic heterocycles. The summed E-state index contributed by atoms with van der Waals surface area (Å²) in [5.41, 5.74) is 10.8. The SMILES string of the molecule is Cc1cc(C)c(-c2csc(NC(=O)CSc3nnc(-c4ccco4)n3CCC(N)=O)n2)c(C)c1. The van der Waals surface area contributed by atoms with Gasteiger partial charge in [0.2, 0.25) is 11.8 Å². The van der Waals surface area contributed by atoms with Gasteiger partial charge in [0.05, 0.1) is 17.7 Å². The van der Waals surface area contributed by atoms with Crippen LogP contribution in [-0.4, -0.2) is 37.3 Å². The van der Waals surface area contributed by atoms with Gasteiger partial charge in [0, 0.05) is 23.9 Å². The summed E-state index contributed by atoms with van der Waals surface area (Å²) in [6.07, 6.45) is 1.65. The number of hydrogen-bond donors (Lipinski definition) is 2. The number of thiazole rings is 1. The summed E-state index contributed by atoms with van der Waals surface area (Å²) >= 11 is 2.60. The van der Waals surface area contributed by atoms with Crippen LogP contribution in [0.1, 0.15) is 23.1 Å². The van der Waals surface area contributed by atoms with Gasteiger partial charge in [-0.2, -0.15) is 0 Å². The number of anilines is 1. The molecule has 0 atom stereocenters. The van der Waals surface area contributed by atoms with Crippen molar-refractivity contribution < 1.29 is 14.0 Å². The number of nitrogens with one attached hydrogen (secondary N) is 1. The third-order valence-corrected chi connectivity index (χ3v) is 6.78. The highest BCUT2D eigenvalue weighted by Gasteiger charge is 2.18. The maximum Gasteiger partial charge on any atom is 0.236 e. The largest absolute Gasteiger partial charge is 0.461 e. The molecule has 11 heteroatoms. The van der Waals surface area contributed by atoms with Gasteiger partial charge >= 0.3 is 0 Å². The van der Waals surface area contributed by atoms with Gasteiger partial charge in [-0.1, -0.05) is 29.5 Å². The Hall–Kier alpha value is -3.44. The second kappa shape index (κ2) is 10.2. The van der Waals surface area contributed by atoms with E-state index in [0.717, 1.165) is 22.4 Å². The number of thioether (sulfide) groups is 1. The van der Waals surface area contributed by atoms with Crippen molar-refractivity contribution >= 4 is 40.0 Å². The van der Waals surface area contributed by atoms with Crippen LogP contribution in [0, 0.1) is 20.8 Å². The average Bonchev–Trinajstić information content (AvgIpc) is 3.51. The summed E-state index contributed by atoms with van der Waals surface area (Å²) in [4.78, 5) is 28.5. The molecule has 0 aliphatic heterocycles. The fraction of sp³-hybridized carbons (Fsp3) is 0.261. The average molecular weight is 497 g/mol. The first-order valence-corrected chi connectivity index (χ1v) is 12.4. The van der Waals surface area contributed by atoms with E-state index in [4.69, 9.17) is 10.2 Å². The highest BCUT2D eigenvalue weighted by Crippen LogP contribution is 2.31. The number of furan rings is 1. The van der Waals surface area contributed by atoms with E-state index in [-0.39, 0.29) is 24.6 Å². The van der Waals surface area contributed by atoms with Crippen molar-refractivity contribution in [3.63, 3.8) is 0 Å². The Morgan fingerprint density at radius 1 is 1.21 bits per heavy atom. The molecule has 0 saturated heterocycles. The van der Waals surface area contributed by atoms with Crippen LogP contribution in [0.2, 0.25) is 0 Å². The van der Waals surface area contributed by atoms with E-state index in [1.54, 1.807) is 16.7 Å². The van der Waals surface area contributed by atoms with Crippen LogP contribution in [0.5, 0.6) is 0 Å². The lowest BCUT2D eigenvalue weighted by molar-refractivity contribution is -0.118. The van der Waals surface area contributed by atoms with Crippen molar-refractivity contribution in [1.82, 2.24) is 19.7 Å². The highest BCUT2D eigenvalue weighted by atomic mass is 32.2. The van der Waals surface area contributed by atoms with E-state index in [2.05, 4.69) is 53.4 Å². The molecule has 0 aliphatic rings. The molecule has 2 amide bonds. The molecule has 0 spiro atoms. The van der Waals surface area contributed by atoms with Crippen molar-refractivity contribution in [3.8, 4) is 22.8 Å². The number of aryl methyl sites for hydroxylation is 3. The normalized spacial score (nSPS) is 11.0. The Balaban J connectivity index is 1.44. The van der Waals surface area contributed by atoms with Crippen LogP contribution in [0.15, 0.2) is 45.5 Å². The van der Waals surface area contributed by atoms with Gasteiger partial charge in [0.1, 0.15) is 0 Å². The van der Waals surface area contributed by atoms with Crippen molar-refractivity contribution in [2.24, 2.45) is 5.73 Å². The van der Waals surface area contributed by atoms with Gasteiger partial charge in [0.25, 0.3) is 0 Å². The van der Waals surface area contributed by atoms with Crippen LogP contribution in [0.3, 0.4) is 0 Å². The zero-order valence-electron chi connectivity index (χ0n) is 19.0. The second-order valence-corrected chi connectivity index (χ2v) is 9.60. The molecule has 0 bridgehead atoms. The molecule has 0 fully saturated rings. The zero-order chi connectivity index (χ0) is 24.2. The monoisotopic (exact) mass is 496 g/mol. The number of primary amides is 1. The van der Waals surface area contributed by atoms with Crippen LogP contribution < -0.4 is 11.1 Å². The maximum atomic E-state index is 12.6. The first-order chi connectivity index (χ1) is 16.3. The van der Waals surface area contributed by atoms with E-state index in [9.17, 15) is 9.59 Å². The molecule has 3 N–H and O–H groups in total. The summed E-state index contributed by atoms with van der Waals surface area (Å²) in [5, 5.41) is 14.2. The number of carbonyl (C=O) groups excluding carboxylic acids is 2. The topological polar surface area (TPSA) is 129 Å². The maximum absolute atomic E-state index is 12.6. The lowest BCUT2D eigenvalue weighted by Crippen LogP contribution is -2.16. The summed E-state index contributed by atoms with van der Waals surface area (Å²) in [7, 11) is 0. The number of amides is 2. The van der Waals surface area contributed by atoms with Crippen molar-refractivity contribution in [2.45, 2.75) is 38.9 Å². The van der Waals surface area contributed by atoms with Gasteiger partial charge in [-0.3, -0.25) is 14.2 Å². The van der Waals surface area contributed by atoms with Crippen LogP contribution in [0.4, 0.5) is 5.13 Å². The standard InChI is InChI=1S/C23H24N6O3S2/c1-13-9-14(2)20(15(3)10-13)16-11-33-22(25-16)26-19(31)12-34-23-28-27-21(17-5-4-8-32-17)29(23)7-6-18(24)30/h4-5,8-11H,6-7,12H2,1-3H3,(H2,24,30)(H,25,26,31). The van der Waals surface area contributed by atoms with Crippen LogP contribution >= 0.6 is 23.1 Å². The number of hydrogen-bond acceptors (Lipinski definition) is 8. The molecule has 0 aliphatic carbocycles. The van der Waals surface area contributed by atoms with Crippen molar-refractivity contribution in [2.75, 3.05) is 11.1 Å². The van der Waals surface area contributed by atoms with Gasteiger partial charge in [0.15, 0.2) is 21.9 Å². The van der Waals surface area contributed by atoms with Crippen LogP contribution in [-0.2, 0) is 16.1 Å². The first-order valence-electron chi connectivity index (χ1n) is 10.5. The quantitative estimate of drug-likeness (QED) is 0.332. The third-order valence-electron chi connectivity index (χ3n) is 5.06. The van der Waals surface area contributed by atoms with Crippen LogP contribution in [0.25, 0.3) is 22.8 Å². The van der Waals surface area contributed by atoms with E-state index >= 15 is 0 Å². The molecular weight excluding hydrogens is 472 g/mol. The molecule has 0 radical (unpaired) electrons. The smallest absolute Gasteiger partial charge is 0.236 e. The fourth-order valence-corrected chi connectivity index (χ4v) is 5.20. The Morgan fingerprint density at radius 3 is 2.65 bits per heavy atom. The first kappa shape index (κ1) is 23.7. The predicted molar refractivity (Wildman–Crippen MR) is 133 cm³/mol. The lowest BCUT2D eigenvalue weighted by Gasteiger charge is -2.09. The van der Waals surface area contributed by atoms with E-state index in [1.807, 2.05) is 5.38 Å². The minimum atomic E-state index is -0.439. The molecule has 1 aromatic carbocycles. The van der Waals surface area contributed by atoms with Crippen molar-refractivity contribution in [3.05, 3.63) is 52.6 Å². The number of nitrogens with zero attached hydrogens (tertiary/aromatic N) is 4. The Morgan fingerprint density at radius 2 is 1.97 bits per heavy atom. The number of carbonyl (C=O) groups is 2. The Labute approximate surface area is 204 Å². The highest BCUT2D eigenvalue weighted by molar-refractivity contribution is 7.99. The zero-order valence-corrected chi connectivity index (χ0v) is 20.6. The summed E-state index contributed by atoms with van der Waals surface area (Å²) in [6, 6.07) is 7.75. The number of aromatic nitrogens is 4. The fourth-order valence-electron chi connectivity index (χ4n) is 3.72. The van der Waals surface area contributed by atoms with Crippen molar-refractivity contribution in [1.29, 1.82) is 0 Å². The molecule has 0 unspecified atom stereocenters. The lowest BCUT2D eigenvalue weighted by atomic mass is 9.98. The number of nitrogens with two attached hydrogens (primary N) is 1. The van der Waals surface area contributed by atoms with Gasteiger partial charge in [-0.25, -0.2) is 4.98 Å². The third kappa shape index (κ3) is 5.37. The van der Waals surface area contributed by atoms with Gasteiger partial charge in [-0.15, -0.1) is 21.5 Å². The Bertz CT molecular complexity index is 1300. The van der Waals surface area contributed by atoms with Gasteiger partial charge in [-0.05, 0) is 44.0 Å². The van der Waals surface area contributed by atoms with Gasteiger partial charge < -0.3 is 15.5 Å². The number of rotatable bonds is 9. The molecule has 4 aromatic rings. The Kier molecular flexibility index (Phi) is 7.13. The summed E-state index contributed by atoms with van der Waals surface area (Å²) in [6.45, 7) is 6.48. The predicted octanol–water partition coefficient (Wildman–Crippen LogP) is 4.19. The molecule has 3 heterocycles. The molecule has 34 heavy (non-hydrogen) atoms. The van der Waals surface area contributed by atoms with E-state index < -0.39 is 5.91 Å².